The number of carbonyl (C=O) groups is 2. The highest BCUT2D eigenvalue weighted by atomic mass is 16.6. The molecule has 51 heavy (non-hydrogen) atoms. The minimum atomic E-state index is -1.44. The Hall–Kier alpha value is -5.31. The number of hydrogen-bond acceptors (Lipinski definition) is 10. The van der Waals surface area contributed by atoms with Gasteiger partial charge in [-0.15, -0.1) is 0 Å². The molecule has 2 fully saturated rings. The Morgan fingerprint density at radius 3 is 2.49 bits per heavy atom. The van der Waals surface area contributed by atoms with E-state index in [1.165, 1.54) is 30.3 Å². The number of rotatable bonds is 6. The van der Waals surface area contributed by atoms with Crippen LogP contribution in [-0.2, 0) is 16.1 Å². The molecule has 2 unspecified atom stereocenters. The molecule has 0 spiro atoms. The Morgan fingerprint density at radius 2 is 1.80 bits per heavy atom. The predicted molar refractivity (Wildman–Crippen MR) is 184 cm³/mol. The molecule has 3 N–H and O–H groups in total. The topological polar surface area (TPSA) is 172 Å². The minimum Gasteiger partial charge on any atom is -0.482 e. The first-order valence-electron chi connectivity index (χ1n) is 17.1. The third-order valence-corrected chi connectivity index (χ3v) is 11.7. The van der Waals surface area contributed by atoms with Gasteiger partial charge in [-0.2, -0.15) is 5.26 Å². The highest BCUT2D eigenvalue weighted by Crippen LogP contribution is 2.67. The summed E-state index contributed by atoms with van der Waals surface area (Å²) >= 11 is 0. The lowest BCUT2D eigenvalue weighted by molar-refractivity contribution is -0.256. The second-order valence-electron chi connectivity index (χ2n) is 14.5. The summed E-state index contributed by atoms with van der Waals surface area (Å²) in [6, 6.07) is 22.5. The first-order valence-corrected chi connectivity index (χ1v) is 17.1. The van der Waals surface area contributed by atoms with Crippen LogP contribution in [-0.4, -0.2) is 44.9 Å². The van der Waals surface area contributed by atoms with Crippen molar-refractivity contribution < 1.29 is 33.7 Å². The predicted octanol–water partition coefficient (Wildman–Crippen LogP) is 5.10. The van der Waals surface area contributed by atoms with Crippen molar-refractivity contribution in [2.75, 3.05) is 0 Å². The first kappa shape index (κ1) is 34.2. The average molecular weight is 690 g/mol. The van der Waals surface area contributed by atoms with Crippen LogP contribution >= 0.6 is 0 Å². The number of hydrogen-bond donors (Lipinski definition) is 3. The van der Waals surface area contributed by atoms with Gasteiger partial charge < -0.3 is 29.4 Å². The van der Waals surface area contributed by atoms with Gasteiger partial charge in [0, 0.05) is 36.5 Å². The van der Waals surface area contributed by atoms with Crippen LogP contribution < -0.4 is 15.7 Å². The number of carbonyl (C=O) groups excluding carboxylic acids is 2. The molecule has 8 atom stereocenters. The normalized spacial score (nSPS) is 30.7. The standard InChI is InChI=1S/C40H39N3O8/c1-38-16-15-30(44)39(2,37(48)43-21-24-8-5-4-6-9-24)29(38)19-31(50-35(46)25-13-11-23(20-41)12-14-25)40(3)34(38)33(45)32-28(51-40)18-27(49-36(32)47)26-10-7-17-42-22-26/h4-14,17-18,22,29-31,33-34,44-45H,15-16,19,21H2,1-3H3,(H,43,48)/t29?,30-,31-,33-,34?,38-,39-,40+/m0/s1. The van der Waals surface area contributed by atoms with Crippen molar-refractivity contribution in [3.63, 3.8) is 0 Å². The van der Waals surface area contributed by atoms with Crippen molar-refractivity contribution in [1.82, 2.24) is 10.3 Å². The molecule has 0 radical (unpaired) electrons. The van der Waals surface area contributed by atoms with E-state index >= 15 is 0 Å². The number of aliphatic hydroxyl groups excluding tert-OH is 2. The second-order valence-corrected chi connectivity index (χ2v) is 14.5. The lowest BCUT2D eigenvalue weighted by Crippen LogP contribution is -2.72. The lowest BCUT2D eigenvalue weighted by atomic mass is 9.42. The number of esters is 1. The van der Waals surface area contributed by atoms with Crippen molar-refractivity contribution in [2.24, 2.45) is 22.7 Å². The Kier molecular flexibility index (Phi) is 8.56. The maximum atomic E-state index is 14.3. The fourth-order valence-corrected chi connectivity index (χ4v) is 9.04. The SMILES string of the molecule is C[C@]12CC[C@H](O)[C@@](C)(C(=O)NCc3ccccc3)C1C[C@H](OC(=O)c1ccc(C#N)cc1)[C@@]1(C)Oc3cc(-c4cccnc4)oc(=O)c3[C@H](O)C21. The van der Waals surface area contributed by atoms with E-state index in [4.69, 9.17) is 13.9 Å². The number of aromatic nitrogens is 1. The van der Waals surface area contributed by atoms with Crippen molar-refractivity contribution in [3.05, 3.63) is 118 Å². The summed E-state index contributed by atoms with van der Waals surface area (Å²) in [6.07, 6.45) is 0.350. The van der Waals surface area contributed by atoms with E-state index in [9.17, 15) is 29.9 Å². The molecule has 7 rings (SSSR count). The molecule has 262 valence electrons. The zero-order chi connectivity index (χ0) is 36.1. The largest absolute Gasteiger partial charge is 0.482 e. The number of nitrogens with zero attached hydrogens (tertiary/aromatic N) is 2. The second kappa shape index (κ2) is 12.8. The van der Waals surface area contributed by atoms with Crippen molar-refractivity contribution in [2.45, 2.75) is 70.5 Å². The van der Waals surface area contributed by atoms with E-state index in [0.29, 0.717) is 17.5 Å². The summed E-state index contributed by atoms with van der Waals surface area (Å²) in [5, 5.41) is 36.3. The molecule has 1 amide bonds. The molecule has 2 saturated carbocycles. The van der Waals surface area contributed by atoms with E-state index in [-0.39, 0.29) is 47.9 Å². The monoisotopic (exact) mass is 689 g/mol. The Balaban J connectivity index is 1.33. The van der Waals surface area contributed by atoms with Crippen LogP contribution in [0.25, 0.3) is 11.3 Å². The molecule has 3 heterocycles. The molecule has 1 aliphatic heterocycles. The quantitative estimate of drug-likeness (QED) is 0.231. The maximum Gasteiger partial charge on any atom is 0.345 e. The van der Waals surface area contributed by atoms with Crippen LogP contribution in [0.1, 0.15) is 73.2 Å². The lowest BCUT2D eigenvalue weighted by Gasteiger charge is -2.66. The third kappa shape index (κ3) is 5.59. The Labute approximate surface area is 294 Å². The van der Waals surface area contributed by atoms with Gasteiger partial charge in [-0.3, -0.25) is 9.78 Å². The highest BCUT2D eigenvalue weighted by Gasteiger charge is 2.71. The van der Waals surface area contributed by atoms with E-state index in [1.807, 2.05) is 43.3 Å². The van der Waals surface area contributed by atoms with Crippen LogP contribution in [0.2, 0.25) is 0 Å². The van der Waals surface area contributed by atoms with Crippen LogP contribution in [0.4, 0.5) is 0 Å². The van der Waals surface area contributed by atoms with Crippen LogP contribution in [0.5, 0.6) is 5.75 Å². The Morgan fingerprint density at radius 1 is 1.06 bits per heavy atom. The molecule has 2 aromatic heterocycles. The van der Waals surface area contributed by atoms with Gasteiger partial charge in [0.1, 0.15) is 28.8 Å². The van der Waals surface area contributed by atoms with Crippen molar-refractivity contribution in [1.29, 1.82) is 5.26 Å². The first-order chi connectivity index (χ1) is 24.4. The number of fused-ring (bicyclic) bond motifs is 4. The van der Waals surface area contributed by atoms with Crippen LogP contribution in [0.15, 0.2) is 94.4 Å². The number of pyridine rings is 1. The summed E-state index contributed by atoms with van der Waals surface area (Å²) in [5.41, 5.74) is -2.53. The van der Waals surface area contributed by atoms with Gasteiger partial charge in [0.2, 0.25) is 5.91 Å². The number of ether oxygens (including phenoxy) is 2. The van der Waals surface area contributed by atoms with E-state index in [0.717, 1.165) is 5.56 Å². The molecule has 2 aromatic carbocycles. The number of aliphatic hydroxyl groups is 2. The zero-order valence-corrected chi connectivity index (χ0v) is 28.5. The smallest absolute Gasteiger partial charge is 0.345 e. The molecular formula is C40H39N3O8. The average Bonchev–Trinajstić information content (AvgIpc) is 3.13. The van der Waals surface area contributed by atoms with Gasteiger partial charge in [-0.1, -0.05) is 37.3 Å². The van der Waals surface area contributed by atoms with Gasteiger partial charge in [0.25, 0.3) is 0 Å². The number of benzene rings is 2. The zero-order valence-electron chi connectivity index (χ0n) is 28.5. The fourth-order valence-electron chi connectivity index (χ4n) is 9.04. The van der Waals surface area contributed by atoms with Crippen molar-refractivity contribution in [3.8, 4) is 23.1 Å². The molecule has 3 aliphatic rings. The Bertz CT molecular complexity index is 2060. The molecule has 11 heteroatoms. The maximum absolute atomic E-state index is 14.3. The summed E-state index contributed by atoms with van der Waals surface area (Å²) in [6.45, 7) is 5.68. The summed E-state index contributed by atoms with van der Waals surface area (Å²) in [5.74, 6) is -2.29. The number of nitrogens with one attached hydrogen (secondary N) is 1. The third-order valence-electron chi connectivity index (χ3n) is 11.7. The van der Waals surface area contributed by atoms with E-state index in [1.54, 1.807) is 38.4 Å². The van der Waals surface area contributed by atoms with Gasteiger partial charge in [0.05, 0.1) is 34.8 Å². The molecule has 2 aliphatic carbocycles. The molecule has 0 bridgehead atoms. The number of nitriles is 1. The minimum absolute atomic E-state index is 0.0643. The summed E-state index contributed by atoms with van der Waals surface area (Å²) in [7, 11) is 0. The molecule has 0 saturated heterocycles. The summed E-state index contributed by atoms with van der Waals surface area (Å²) < 4.78 is 18.8. The van der Waals surface area contributed by atoms with Crippen molar-refractivity contribution >= 4 is 11.9 Å². The van der Waals surface area contributed by atoms with Gasteiger partial charge in [-0.25, -0.2) is 9.59 Å². The van der Waals surface area contributed by atoms with Crippen LogP contribution in [0, 0.1) is 34.0 Å². The van der Waals surface area contributed by atoms with Gasteiger partial charge in [0.15, 0.2) is 0 Å². The summed E-state index contributed by atoms with van der Waals surface area (Å²) in [4.78, 5) is 45.9. The van der Waals surface area contributed by atoms with E-state index in [2.05, 4.69) is 10.3 Å². The van der Waals surface area contributed by atoms with E-state index < -0.39 is 58.2 Å². The molecule has 4 aromatic rings. The fraction of sp³-hybridized carbons (Fsp3) is 0.375. The highest BCUT2D eigenvalue weighted by molar-refractivity contribution is 5.89. The van der Waals surface area contributed by atoms with Gasteiger partial charge >= 0.3 is 11.6 Å². The molecule has 11 nitrogen and oxygen atoms in total. The van der Waals surface area contributed by atoms with Crippen LogP contribution in [0.3, 0.4) is 0 Å². The number of amides is 1. The van der Waals surface area contributed by atoms with Gasteiger partial charge in [-0.05, 0) is 86.4 Å². The molecular weight excluding hydrogens is 650 g/mol.